The number of esters is 1. The van der Waals surface area contributed by atoms with E-state index in [1.807, 2.05) is 13.8 Å². The minimum Gasteiger partial charge on any atom is -0.481 e. The summed E-state index contributed by atoms with van der Waals surface area (Å²) in [6.45, 7) is 4.33. The van der Waals surface area contributed by atoms with Crippen LogP contribution in [0, 0.1) is 5.92 Å². The Morgan fingerprint density at radius 2 is 1.89 bits per heavy atom. The van der Waals surface area contributed by atoms with E-state index < -0.39 is 23.1 Å². The standard InChI is InChI=1S/C17H28N4O6S/c1-12(2)11-27-16(25)10-13(17(26)28-9-7-15(23)24)20-14(22)6-4-3-5-8-19-21-18/h12-13H,3-11H2,1-2H3,(H,20,22)(H,23,24). The van der Waals surface area contributed by atoms with Crippen molar-refractivity contribution >= 4 is 34.7 Å². The molecule has 1 amide bonds. The average molecular weight is 417 g/mol. The lowest BCUT2D eigenvalue weighted by atomic mass is 10.1. The number of azide groups is 1. The molecule has 1 atom stereocenters. The fraction of sp³-hybridized carbons (Fsp3) is 0.765. The van der Waals surface area contributed by atoms with Crippen molar-refractivity contribution in [2.75, 3.05) is 18.9 Å². The number of ether oxygens (including phenoxy) is 1. The molecule has 0 fully saturated rings. The summed E-state index contributed by atoms with van der Waals surface area (Å²) < 4.78 is 5.06. The van der Waals surface area contributed by atoms with E-state index in [4.69, 9.17) is 15.4 Å². The van der Waals surface area contributed by atoms with Gasteiger partial charge in [-0.2, -0.15) is 0 Å². The van der Waals surface area contributed by atoms with Crippen LogP contribution in [0.4, 0.5) is 0 Å². The van der Waals surface area contributed by atoms with Crippen LogP contribution in [0.25, 0.3) is 10.4 Å². The minimum atomic E-state index is -1.06. The number of carboxylic acid groups (broad SMARTS) is 1. The van der Waals surface area contributed by atoms with Crippen LogP contribution >= 0.6 is 11.8 Å². The molecule has 0 aliphatic heterocycles. The Bertz CT molecular complexity index is 578. The third-order valence-electron chi connectivity index (χ3n) is 3.35. The fourth-order valence-electron chi connectivity index (χ4n) is 1.97. The predicted molar refractivity (Wildman–Crippen MR) is 105 cm³/mol. The largest absolute Gasteiger partial charge is 0.481 e. The second-order valence-electron chi connectivity index (χ2n) is 6.48. The molecular weight excluding hydrogens is 388 g/mol. The highest BCUT2D eigenvalue weighted by Crippen LogP contribution is 2.12. The molecule has 0 saturated carbocycles. The molecular formula is C17H28N4O6S. The van der Waals surface area contributed by atoms with Gasteiger partial charge in [0.15, 0.2) is 0 Å². The average Bonchev–Trinajstić information content (AvgIpc) is 2.62. The van der Waals surface area contributed by atoms with Gasteiger partial charge in [0, 0.05) is 23.6 Å². The van der Waals surface area contributed by atoms with E-state index in [1.54, 1.807) is 0 Å². The summed E-state index contributed by atoms with van der Waals surface area (Å²) in [5.41, 5.74) is 8.18. The first-order chi connectivity index (χ1) is 13.3. The normalized spacial score (nSPS) is 11.4. The van der Waals surface area contributed by atoms with Gasteiger partial charge in [0.25, 0.3) is 0 Å². The quantitative estimate of drug-likeness (QED) is 0.136. The van der Waals surface area contributed by atoms with Gasteiger partial charge < -0.3 is 15.2 Å². The van der Waals surface area contributed by atoms with Crippen LogP contribution in [-0.2, 0) is 23.9 Å². The molecule has 0 aliphatic rings. The molecule has 0 rings (SSSR count). The molecule has 0 aromatic rings. The zero-order chi connectivity index (χ0) is 21.4. The zero-order valence-corrected chi connectivity index (χ0v) is 17.1. The molecule has 0 aromatic heterocycles. The molecule has 0 radical (unpaired) electrons. The maximum atomic E-state index is 12.3. The fourth-order valence-corrected chi connectivity index (χ4v) is 2.80. The Labute approximate surface area is 168 Å². The van der Waals surface area contributed by atoms with E-state index in [0.29, 0.717) is 25.8 Å². The summed E-state index contributed by atoms with van der Waals surface area (Å²) in [5.74, 6) is -1.81. The van der Waals surface area contributed by atoms with E-state index in [-0.39, 0.29) is 43.4 Å². The van der Waals surface area contributed by atoms with Crippen LogP contribution in [-0.4, -0.2) is 53.0 Å². The Balaban J connectivity index is 4.57. The number of thioether (sulfide) groups is 1. The summed E-state index contributed by atoms with van der Waals surface area (Å²) in [6, 6.07) is -1.06. The van der Waals surface area contributed by atoms with Crippen molar-refractivity contribution in [3.8, 4) is 0 Å². The number of rotatable bonds is 15. The summed E-state index contributed by atoms with van der Waals surface area (Å²) >= 11 is 0.770. The number of carboxylic acids is 1. The molecule has 158 valence electrons. The van der Waals surface area contributed by atoms with Crippen molar-refractivity contribution in [1.29, 1.82) is 0 Å². The molecule has 28 heavy (non-hydrogen) atoms. The summed E-state index contributed by atoms with van der Waals surface area (Å²) in [6.07, 6.45) is 1.58. The van der Waals surface area contributed by atoms with Crippen LogP contribution in [0.15, 0.2) is 5.11 Å². The Morgan fingerprint density at radius 1 is 1.18 bits per heavy atom. The minimum absolute atomic E-state index is 0.0565. The van der Waals surface area contributed by atoms with Gasteiger partial charge in [-0.15, -0.1) is 0 Å². The SMILES string of the molecule is CC(C)COC(=O)CC(NC(=O)CCCCCN=[N+]=[N-])C(=O)SCCC(=O)O. The van der Waals surface area contributed by atoms with E-state index in [0.717, 1.165) is 11.8 Å². The van der Waals surface area contributed by atoms with Gasteiger partial charge in [-0.1, -0.05) is 37.1 Å². The first kappa shape index (κ1) is 25.7. The Hall–Kier alpha value is -2.26. The monoisotopic (exact) mass is 416 g/mol. The first-order valence-corrected chi connectivity index (χ1v) is 10.1. The lowest BCUT2D eigenvalue weighted by Crippen LogP contribution is -2.41. The second-order valence-corrected chi connectivity index (χ2v) is 7.58. The van der Waals surface area contributed by atoms with Crippen LogP contribution < -0.4 is 5.32 Å². The van der Waals surface area contributed by atoms with Crippen molar-refractivity contribution < 1.29 is 29.0 Å². The molecule has 0 aromatic carbocycles. The van der Waals surface area contributed by atoms with Crippen molar-refractivity contribution in [3.05, 3.63) is 10.4 Å². The maximum absolute atomic E-state index is 12.3. The van der Waals surface area contributed by atoms with Gasteiger partial charge in [0.1, 0.15) is 6.04 Å². The number of amides is 1. The van der Waals surface area contributed by atoms with Crippen molar-refractivity contribution in [2.45, 2.75) is 58.4 Å². The molecule has 2 N–H and O–H groups in total. The second kappa shape index (κ2) is 15.8. The molecule has 0 spiro atoms. The molecule has 0 heterocycles. The molecule has 1 unspecified atom stereocenters. The summed E-state index contributed by atoms with van der Waals surface area (Å²) in [7, 11) is 0. The predicted octanol–water partition coefficient (Wildman–Crippen LogP) is 2.67. The first-order valence-electron chi connectivity index (χ1n) is 9.10. The number of unbranched alkanes of at least 4 members (excludes halogenated alkanes) is 2. The molecule has 0 aliphatic carbocycles. The number of nitrogens with one attached hydrogen (secondary N) is 1. The number of hydrogen-bond donors (Lipinski definition) is 2. The Morgan fingerprint density at radius 3 is 2.50 bits per heavy atom. The van der Waals surface area contributed by atoms with Gasteiger partial charge in [0.2, 0.25) is 11.0 Å². The third-order valence-corrected chi connectivity index (χ3v) is 4.33. The van der Waals surface area contributed by atoms with Gasteiger partial charge in [-0.3, -0.25) is 19.2 Å². The topological polar surface area (TPSA) is 159 Å². The van der Waals surface area contributed by atoms with Gasteiger partial charge >= 0.3 is 11.9 Å². The highest BCUT2D eigenvalue weighted by Gasteiger charge is 2.25. The molecule has 11 heteroatoms. The smallest absolute Gasteiger partial charge is 0.308 e. The molecule has 10 nitrogen and oxygen atoms in total. The third kappa shape index (κ3) is 14.9. The van der Waals surface area contributed by atoms with Crippen molar-refractivity contribution in [2.24, 2.45) is 11.0 Å². The zero-order valence-electron chi connectivity index (χ0n) is 16.3. The molecule has 0 saturated heterocycles. The lowest BCUT2D eigenvalue weighted by Gasteiger charge is -2.17. The lowest BCUT2D eigenvalue weighted by molar-refractivity contribution is -0.146. The van der Waals surface area contributed by atoms with E-state index in [1.165, 1.54) is 0 Å². The summed E-state index contributed by atoms with van der Waals surface area (Å²) in [5, 5.41) is 14.1. The van der Waals surface area contributed by atoms with Crippen LogP contribution in [0.1, 0.15) is 52.4 Å². The van der Waals surface area contributed by atoms with E-state index in [9.17, 15) is 19.2 Å². The van der Waals surface area contributed by atoms with Crippen molar-refractivity contribution in [1.82, 2.24) is 5.32 Å². The van der Waals surface area contributed by atoms with Gasteiger partial charge in [0.05, 0.1) is 19.4 Å². The van der Waals surface area contributed by atoms with Gasteiger partial charge in [-0.05, 0) is 24.3 Å². The van der Waals surface area contributed by atoms with E-state index >= 15 is 0 Å². The van der Waals surface area contributed by atoms with E-state index in [2.05, 4.69) is 15.3 Å². The number of carbonyl (C=O) groups is 4. The maximum Gasteiger partial charge on any atom is 0.308 e. The van der Waals surface area contributed by atoms with Crippen LogP contribution in [0.3, 0.4) is 0 Å². The highest BCUT2D eigenvalue weighted by molar-refractivity contribution is 8.13. The Kier molecular flexibility index (Phi) is 14.5. The summed E-state index contributed by atoms with van der Waals surface area (Å²) in [4.78, 5) is 49.5. The number of aliphatic carboxylic acids is 1. The number of hydrogen-bond acceptors (Lipinski definition) is 7. The van der Waals surface area contributed by atoms with Crippen molar-refractivity contribution in [3.63, 3.8) is 0 Å². The van der Waals surface area contributed by atoms with Gasteiger partial charge in [-0.25, -0.2) is 0 Å². The van der Waals surface area contributed by atoms with Crippen LogP contribution in [0.5, 0.6) is 0 Å². The molecule has 0 bridgehead atoms. The number of carbonyl (C=O) groups excluding carboxylic acids is 3. The highest BCUT2D eigenvalue weighted by atomic mass is 32.2. The van der Waals surface area contributed by atoms with Crippen LogP contribution in [0.2, 0.25) is 0 Å². The number of nitrogens with zero attached hydrogens (tertiary/aromatic N) is 3.